The molecule has 1 atom stereocenters. The van der Waals surface area contributed by atoms with Crippen LogP contribution in [0.3, 0.4) is 0 Å². The van der Waals surface area contributed by atoms with Crippen molar-refractivity contribution in [3.8, 4) is 0 Å². The first-order valence-electron chi connectivity index (χ1n) is 7.55. The Morgan fingerprint density at radius 1 is 1.24 bits per heavy atom. The molecule has 0 spiro atoms. The second-order valence-electron chi connectivity index (χ2n) is 5.71. The van der Waals surface area contributed by atoms with Crippen LogP contribution in [-0.2, 0) is 4.79 Å². The van der Waals surface area contributed by atoms with E-state index in [0.717, 1.165) is 12.1 Å². The summed E-state index contributed by atoms with van der Waals surface area (Å²) in [4.78, 5) is 11.8. The molecule has 1 amide bonds. The van der Waals surface area contributed by atoms with Crippen LogP contribution in [-0.4, -0.2) is 18.5 Å². The van der Waals surface area contributed by atoms with Crippen molar-refractivity contribution in [3.63, 3.8) is 0 Å². The van der Waals surface area contributed by atoms with Gasteiger partial charge in [0.15, 0.2) is 0 Å². The van der Waals surface area contributed by atoms with Gasteiger partial charge in [0, 0.05) is 6.04 Å². The van der Waals surface area contributed by atoms with Crippen LogP contribution >= 0.6 is 0 Å². The van der Waals surface area contributed by atoms with E-state index in [2.05, 4.69) is 17.6 Å². The lowest BCUT2D eigenvalue weighted by molar-refractivity contribution is -0.115. The Balaban J connectivity index is 1.82. The zero-order valence-corrected chi connectivity index (χ0v) is 12.3. The normalized spacial score (nSPS) is 17.5. The fraction of sp³-hybridized carbons (Fsp3) is 0.562. The molecule has 1 saturated carbocycles. The van der Waals surface area contributed by atoms with Crippen LogP contribution in [0, 0.1) is 17.6 Å². The molecule has 0 radical (unpaired) electrons. The summed E-state index contributed by atoms with van der Waals surface area (Å²) in [5.41, 5.74) is -0.380. The molecule has 1 aromatic rings. The molecule has 0 heterocycles. The second-order valence-corrected chi connectivity index (χ2v) is 5.71. The van der Waals surface area contributed by atoms with Crippen molar-refractivity contribution in [3.05, 3.63) is 29.8 Å². The molecule has 0 bridgehead atoms. The maximum absolute atomic E-state index is 13.4. The number of hydrogen-bond donors (Lipinski definition) is 2. The Morgan fingerprint density at radius 3 is 2.48 bits per heavy atom. The molecular formula is C16H22F2N2O. The van der Waals surface area contributed by atoms with E-state index in [1.54, 1.807) is 0 Å². The second kappa shape index (κ2) is 7.50. The molecule has 5 heteroatoms. The van der Waals surface area contributed by atoms with Gasteiger partial charge in [-0.25, -0.2) is 8.78 Å². The van der Waals surface area contributed by atoms with E-state index in [9.17, 15) is 13.6 Å². The number of halogens is 2. The number of hydrogen-bond acceptors (Lipinski definition) is 2. The summed E-state index contributed by atoms with van der Waals surface area (Å²) in [6, 6.07) is 3.75. The van der Waals surface area contributed by atoms with E-state index in [0.29, 0.717) is 5.92 Å². The number of anilines is 1. The van der Waals surface area contributed by atoms with Crippen molar-refractivity contribution in [1.82, 2.24) is 5.32 Å². The van der Waals surface area contributed by atoms with E-state index < -0.39 is 17.5 Å². The van der Waals surface area contributed by atoms with Crippen LogP contribution < -0.4 is 10.6 Å². The van der Waals surface area contributed by atoms with E-state index in [-0.39, 0.29) is 18.3 Å². The molecule has 1 fully saturated rings. The first-order chi connectivity index (χ1) is 10.1. The minimum absolute atomic E-state index is 0.0610. The summed E-state index contributed by atoms with van der Waals surface area (Å²) in [6.07, 6.45) is 6.12. The fourth-order valence-corrected chi connectivity index (χ4v) is 2.86. The third kappa shape index (κ3) is 4.49. The fourth-order valence-electron chi connectivity index (χ4n) is 2.86. The highest BCUT2D eigenvalue weighted by Crippen LogP contribution is 2.26. The lowest BCUT2D eigenvalue weighted by atomic mass is 9.84. The van der Waals surface area contributed by atoms with Crippen LogP contribution in [0.15, 0.2) is 18.2 Å². The molecule has 3 nitrogen and oxygen atoms in total. The van der Waals surface area contributed by atoms with Crippen LogP contribution in [0.2, 0.25) is 0 Å². The Hall–Kier alpha value is -1.49. The summed E-state index contributed by atoms with van der Waals surface area (Å²) in [6.45, 7) is 2.12. The van der Waals surface area contributed by atoms with Crippen molar-refractivity contribution in [2.24, 2.45) is 5.92 Å². The number of carbonyl (C=O) groups excluding carboxylic acids is 1. The molecule has 1 aromatic carbocycles. The zero-order chi connectivity index (χ0) is 15.2. The maximum Gasteiger partial charge on any atom is 0.238 e. The molecule has 1 aliphatic rings. The molecule has 0 saturated heterocycles. The Labute approximate surface area is 124 Å². The molecule has 0 aliphatic heterocycles. The zero-order valence-electron chi connectivity index (χ0n) is 12.3. The summed E-state index contributed by atoms with van der Waals surface area (Å²) < 4.78 is 26.9. The topological polar surface area (TPSA) is 41.1 Å². The average molecular weight is 296 g/mol. The molecule has 116 valence electrons. The lowest BCUT2D eigenvalue weighted by Gasteiger charge is -2.28. The minimum Gasteiger partial charge on any atom is -0.320 e. The number of amides is 1. The lowest BCUT2D eigenvalue weighted by Crippen LogP contribution is -2.39. The van der Waals surface area contributed by atoms with Gasteiger partial charge in [0.25, 0.3) is 0 Å². The van der Waals surface area contributed by atoms with Crippen LogP contribution in [0.1, 0.15) is 39.0 Å². The van der Waals surface area contributed by atoms with Gasteiger partial charge in [0.2, 0.25) is 5.91 Å². The highest BCUT2D eigenvalue weighted by atomic mass is 19.1. The van der Waals surface area contributed by atoms with Crippen molar-refractivity contribution < 1.29 is 13.6 Å². The maximum atomic E-state index is 13.4. The van der Waals surface area contributed by atoms with E-state index >= 15 is 0 Å². The predicted octanol–water partition coefficient (Wildman–Crippen LogP) is 3.46. The molecular weight excluding hydrogens is 274 g/mol. The van der Waals surface area contributed by atoms with Crippen LogP contribution in [0.25, 0.3) is 0 Å². The standard InChI is InChI=1S/C16H22F2N2O/c1-11(12-6-3-2-4-7-12)19-10-15(21)20-16-13(17)8-5-9-14(16)18/h5,8-9,11-12,19H,2-4,6-7,10H2,1H3,(H,20,21)/t11-/m1/s1. The summed E-state index contributed by atoms with van der Waals surface area (Å²) in [7, 11) is 0. The average Bonchev–Trinajstić information content (AvgIpc) is 2.49. The summed E-state index contributed by atoms with van der Waals surface area (Å²) in [5.74, 6) is -1.37. The Bertz CT molecular complexity index is 467. The van der Waals surface area contributed by atoms with Gasteiger partial charge in [-0.2, -0.15) is 0 Å². The third-order valence-corrected chi connectivity index (χ3v) is 4.17. The third-order valence-electron chi connectivity index (χ3n) is 4.17. The van der Waals surface area contributed by atoms with Gasteiger partial charge in [0.1, 0.15) is 17.3 Å². The first kappa shape index (κ1) is 15.9. The molecule has 2 N–H and O–H groups in total. The van der Waals surface area contributed by atoms with Crippen molar-refractivity contribution in [2.45, 2.75) is 45.1 Å². The van der Waals surface area contributed by atoms with Gasteiger partial charge in [-0.1, -0.05) is 25.3 Å². The van der Waals surface area contributed by atoms with Gasteiger partial charge in [-0.15, -0.1) is 0 Å². The van der Waals surface area contributed by atoms with Gasteiger partial charge in [0.05, 0.1) is 6.54 Å². The number of rotatable bonds is 5. The minimum atomic E-state index is -0.760. The predicted molar refractivity (Wildman–Crippen MR) is 79.0 cm³/mol. The van der Waals surface area contributed by atoms with Crippen molar-refractivity contribution in [1.29, 1.82) is 0 Å². The van der Waals surface area contributed by atoms with E-state index in [1.807, 2.05) is 0 Å². The van der Waals surface area contributed by atoms with E-state index in [4.69, 9.17) is 0 Å². The van der Waals surface area contributed by atoms with Crippen molar-refractivity contribution >= 4 is 11.6 Å². The van der Waals surface area contributed by atoms with Crippen LogP contribution in [0.4, 0.5) is 14.5 Å². The quantitative estimate of drug-likeness (QED) is 0.873. The van der Waals surface area contributed by atoms with Gasteiger partial charge < -0.3 is 10.6 Å². The Kier molecular flexibility index (Phi) is 5.67. The number of nitrogens with one attached hydrogen (secondary N) is 2. The highest BCUT2D eigenvalue weighted by Gasteiger charge is 2.20. The number of benzene rings is 1. The smallest absolute Gasteiger partial charge is 0.238 e. The van der Waals surface area contributed by atoms with Crippen molar-refractivity contribution in [2.75, 3.05) is 11.9 Å². The number of para-hydroxylation sites is 1. The Morgan fingerprint density at radius 2 is 1.86 bits per heavy atom. The summed E-state index contributed by atoms with van der Waals surface area (Å²) in [5, 5.41) is 5.44. The highest BCUT2D eigenvalue weighted by molar-refractivity contribution is 5.92. The first-order valence-corrected chi connectivity index (χ1v) is 7.55. The molecule has 0 aromatic heterocycles. The molecule has 1 aliphatic carbocycles. The SMILES string of the molecule is C[C@@H](NCC(=O)Nc1c(F)cccc1F)C1CCCCC1. The molecule has 21 heavy (non-hydrogen) atoms. The van der Waals surface area contributed by atoms with Gasteiger partial charge in [-0.3, -0.25) is 4.79 Å². The van der Waals surface area contributed by atoms with Crippen LogP contribution in [0.5, 0.6) is 0 Å². The number of carbonyl (C=O) groups is 1. The van der Waals surface area contributed by atoms with E-state index in [1.165, 1.54) is 38.2 Å². The van der Waals surface area contributed by atoms with Gasteiger partial charge >= 0.3 is 0 Å². The summed E-state index contributed by atoms with van der Waals surface area (Å²) >= 11 is 0. The molecule has 2 rings (SSSR count). The largest absolute Gasteiger partial charge is 0.320 e. The monoisotopic (exact) mass is 296 g/mol. The molecule has 0 unspecified atom stereocenters. The van der Waals surface area contributed by atoms with Gasteiger partial charge in [-0.05, 0) is 37.8 Å².